The molecule has 1 aromatic carbocycles. The molecule has 0 saturated carbocycles. The van der Waals surface area contributed by atoms with Crippen LogP contribution in [0.1, 0.15) is 17.3 Å². The number of halogens is 1. The summed E-state index contributed by atoms with van der Waals surface area (Å²) in [5.74, 6) is -1.12. The molecule has 0 fully saturated rings. The van der Waals surface area contributed by atoms with Crippen LogP contribution in [0.3, 0.4) is 0 Å². The summed E-state index contributed by atoms with van der Waals surface area (Å²) in [5.41, 5.74) is 0.0992. The first-order valence-corrected chi connectivity index (χ1v) is 5.97. The van der Waals surface area contributed by atoms with Crippen LogP contribution in [0.5, 0.6) is 11.5 Å². The molecule has 0 aromatic heterocycles. The molecular formula is C12H13BrO5. The average molecular weight is 317 g/mol. The van der Waals surface area contributed by atoms with Crippen molar-refractivity contribution in [2.45, 2.75) is 6.92 Å². The number of hydrogen-bond donors (Lipinski definition) is 0. The molecule has 0 aliphatic carbocycles. The molecule has 0 saturated heterocycles. The Bertz CT molecular complexity index is 470. The fraction of sp³-hybridized carbons (Fsp3) is 0.333. The molecule has 1 rings (SSSR count). The third-order valence-corrected chi connectivity index (χ3v) is 2.61. The van der Waals surface area contributed by atoms with Gasteiger partial charge in [0.15, 0.2) is 11.5 Å². The molecule has 0 atom stereocenters. The molecule has 5 nitrogen and oxygen atoms in total. The van der Waals surface area contributed by atoms with Crippen LogP contribution in [-0.4, -0.2) is 32.6 Å². The molecule has 0 N–H and O–H groups in total. The molecule has 0 aliphatic rings. The minimum absolute atomic E-state index is 0.0992. The Morgan fingerprint density at radius 3 is 2.39 bits per heavy atom. The van der Waals surface area contributed by atoms with Gasteiger partial charge in [0.05, 0.1) is 26.4 Å². The van der Waals surface area contributed by atoms with Crippen LogP contribution in [0.4, 0.5) is 0 Å². The van der Waals surface area contributed by atoms with Gasteiger partial charge in [-0.15, -0.1) is 0 Å². The second kappa shape index (κ2) is 6.39. The summed E-state index contributed by atoms with van der Waals surface area (Å²) in [7, 11) is 2.84. The molecule has 0 spiro atoms. The predicted octanol–water partition coefficient (Wildman–Crippen LogP) is 2.21. The summed E-state index contributed by atoms with van der Waals surface area (Å²) in [4.78, 5) is 23.3. The number of esters is 1. The van der Waals surface area contributed by atoms with E-state index in [2.05, 4.69) is 20.7 Å². The normalized spacial score (nSPS) is 9.78. The first-order chi connectivity index (χ1) is 8.54. The monoisotopic (exact) mass is 316 g/mol. The molecule has 6 heteroatoms. The molecule has 0 aliphatic heterocycles. The SMILES string of the molecule is CCOC(=O)C(=O)c1cc(Br)cc(OC)c1OC. The fourth-order valence-electron chi connectivity index (χ4n) is 1.41. The fourth-order valence-corrected chi connectivity index (χ4v) is 1.84. The van der Waals surface area contributed by atoms with Crippen molar-refractivity contribution in [1.29, 1.82) is 0 Å². The van der Waals surface area contributed by atoms with Gasteiger partial charge in [-0.1, -0.05) is 15.9 Å². The van der Waals surface area contributed by atoms with Crippen LogP contribution in [0, 0.1) is 0 Å². The van der Waals surface area contributed by atoms with E-state index in [0.29, 0.717) is 10.2 Å². The van der Waals surface area contributed by atoms with E-state index in [0.717, 1.165) is 0 Å². The van der Waals surface area contributed by atoms with E-state index >= 15 is 0 Å². The average Bonchev–Trinajstić information content (AvgIpc) is 2.36. The van der Waals surface area contributed by atoms with E-state index in [1.165, 1.54) is 20.3 Å². The molecule has 0 bridgehead atoms. The largest absolute Gasteiger partial charge is 0.493 e. The number of carbonyl (C=O) groups excluding carboxylic acids is 2. The van der Waals surface area contributed by atoms with E-state index in [1.807, 2.05) is 0 Å². The summed E-state index contributed by atoms with van der Waals surface area (Å²) in [6, 6.07) is 3.13. The maximum atomic E-state index is 11.9. The Hall–Kier alpha value is -1.56. The first kappa shape index (κ1) is 14.5. The zero-order valence-electron chi connectivity index (χ0n) is 10.3. The zero-order chi connectivity index (χ0) is 13.7. The molecule has 0 heterocycles. The highest BCUT2D eigenvalue weighted by molar-refractivity contribution is 9.10. The lowest BCUT2D eigenvalue weighted by Gasteiger charge is -2.12. The number of hydrogen-bond acceptors (Lipinski definition) is 5. The first-order valence-electron chi connectivity index (χ1n) is 5.18. The van der Waals surface area contributed by atoms with Crippen molar-refractivity contribution in [2.24, 2.45) is 0 Å². The molecular weight excluding hydrogens is 304 g/mol. The van der Waals surface area contributed by atoms with Gasteiger partial charge in [-0.2, -0.15) is 0 Å². The predicted molar refractivity (Wildman–Crippen MR) is 68.2 cm³/mol. The minimum Gasteiger partial charge on any atom is -0.493 e. The smallest absolute Gasteiger partial charge is 0.379 e. The van der Waals surface area contributed by atoms with Crippen LogP contribution >= 0.6 is 15.9 Å². The van der Waals surface area contributed by atoms with Gasteiger partial charge >= 0.3 is 5.97 Å². The molecule has 0 amide bonds. The van der Waals surface area contributed by atoms with Crippen molar-refractivity contribution in [3.8, 4) is 11.5 Å². The second-order valence-electron chi connectivity index (χ2n) is 3.24. The maximum Gasteiger partial charge on any atom is 0.379 e. The Kier molecular flexibility index (Phi) is 5.15. The Morgan fingerprint density at radius 1 is 1.22 bits per heavy atom. The third-order valence-electron chi connectivity index (χ3n) is 2.15. The van der Waals surface area contributed by atoms with Gasteiger partial charge in [0, 0.05) is 4.47 Å². The molecule has 18 heavy (non-hydrogen) atoms. The topological polar surface area (TPSA) is 61.8 Å². The lowest BCUT2D eigenvalue weighted by molar-refractivity contribution is -0.137. The minimum atomic E-state index is -0.920. The summed E-state index contributed by atoms with van der Waals surface area (Å²) in [6.07, 6.45) is 0. The van der Waals surface area contributed by atoms with Crippen molar-refractivity contribution in [1.82, 2.24) is 0 Å². The van der Waals surface area contributed by atoms with Gasteiger partial charge in [-0.3, -0.25) is 4.79 Å². The van der Waals surface area contributed by atoms with E-state index in [9.17, 15) is 9.59 Å². The van der Waals surface area contributed by atoms with Gasteiger partial charge < -0.3 is 14.2 Å². The highest BCUT2D eigenvalue weighted by atomic mass is 79.9. The van der Waals surface area contributed by atoms with Gasteiger partial charge in [-0.05, 0) is 19.1 Å². The van der Waals surface area contributed by atoms with Crippen molar-refractivity contribution in [2.75, 3.05) is 20.8 Å². The lowest BCUT2D eigenvalue weighted by Crippen LogP contribution is -2.18. The van der Waals surface area contributed by atoms with Crippen LogP contribution in [0.2, 0.25) is 0 Å². The van der Waals surface area contributed by atoms with E-state index in [4.69, 9.17) is 9.47 Å². The Morgan fingerprint density at radius 2 is 1.89 bits per heavy atom. The lowest BCUT2D eigenvalue weighted by atomic mass is 10.1. The number of ketones is 1. The van der Waals surface area contributed by atoms with Crippen LogP contribution in [0.15, 0.2) is 16.6 Å². The molecule has 98 valence electrons. The van der Waals surface area contributed by atoms with E-state index in [-0.39, 0.29) is 17.9 Å². The van der Waals surface area contributed by atoms with Gasteiger partial charge in [0.25, 0.3) is 5.78 Å². The molecule has 1 aromatic rings. The van der Waals surface area contributed by atoms with Crippen molar-refractivity contribution >= 4 is 27.7 Å². The quantitative estimate of drug-likeness (QED) is 0.473. The highest BCUT2D eigenvalue weighted by Crippen LogP contribution is 2.34. The number of ether oxygens (including phenoxy) is 3. The second-order valence-corrected chi connectivity index (χ2v) is 4.15. The van der Waals surface area contributed by atoms with Gasteiger partial charge in [0.2, 0.25) is 0 Å². The third kappa shape index (κ3) is 3.01. The summed E-state index contributed by atoms with van der Waals surface area (Å²) >= 11 is 3.23. The van der Waals surface area contributed by atoms with Crippen LogP contribution in [-0.2, 0) is 9.53 Å². The van der Waals surface area contributed by atoms with Crippen molar-refractivity contribution < 1.29 is 23.8 Å². The number of carbonyl (C=O) groups is 2. The summed E-state index contributed by atoms with van der Waals surface area (Å²) in [5, 5.41) is 0. The number of benzene rings is 1. The summed E-state index contributed by atoms with van der Waals surface area (Å²) < 4.78 is 15.5. The number of Topliss-reactive ketones (excluding diaryl/α,β-unsaturated/α-hetero) is 1. The van der Waals surface area contributed by atoms with E-state index < -0.39 is 11.8 Å². The number of methoxy groups -OCH3 is 2. The Balaban J connectivity index is 3.26. The molecule has 0 unspecified atom stereocenters. The molecule has 0 radical (unpaired) electrons. The van der Waals surface area contributed by atoms with Crippen molar-refractivity contribution in [3.05, 3.63) is 22.2 Å². The standard InChI is InChI=1S/C12H13BrO5/c1-4-18-12(15)10(14)8-5-7(13)6-9(16-2)11(8)17-3/h5-6H,4H2,1-3H3. The van der Waals surface area contributed by atoms with Crippen molar-refractivity contribution in [3.63, 3.8) is 0 Å². The van der Waals surface area contributed by atoms with Crippen LogP contribution < -0.4 is 9.47 Å². The zero-order valence-corrected chi connectivity index (χ0v) is 11.9. The highest BCUT2D eigenvalue weighted by Gasteiger charge is 2.24. The van der Waals surface area contributed by atoms with Crippen LogP contribution in [0.25, 0.3) is 0 Å². The van der Waals surface area contributed by atoms with Gasteiger partial charge in [-0.25, -0.2) is 4.79 Å². The van der Waals surface area contributed by atoms with Gasteiger partial charge in [0.1, 0.15) is 0 Å². The summed E-state index contributed by atoms with van der Waals surface area (Å²) in [6.45, 7) is 1.77. The Labute approximate surface area is 113 Å². The number of rotatable bonds is 5. The maximum absolute atomic E-state index is 11.9. The van der Waals surface area contributed by atoms with E-state index in [1.54, 1.807) is 13.0 Å².